The topological polar surface area (TPSA) is 306 Å². The second-order valence-corrected chi connectivity index (χ2v) is 13.1. The molecule has 53 heavy (non-hydrogen) atoms. The highest BCUT2D eigenvalue weighted by Gasteiger charge is 2.40. The fourth-order valence-electron chi connectivity index (χ4n) is 6.51. The van der Waals surface area contributed by atoms with Gasteiger partial charge in [0.15, 0.2) is 11.9 Å². The zero-order valence-corrected chi connectivity index (χ0v) is 30.4. The number of phenols is 1. The van der Waals surface area contributed by atoms with Gasteiger partial charge in [0.05, 0.1) is 0 Å². The van der Waals surface area contributed by atoms with Crippen LogP contribution in [-0.4, -0.2) is 126 Å². The minimum absolute atomic E-state index is 0.0578. The van der Waals surface area contributed by atoms with E-state index in [0.717, 1.165) is 0 Å². The van der Waals surface area contributed by atoms with Gasteiger partial charge in [0.2, 0.25) is 35.4 Å². The Morgan fingerprint density at radius 3 is 1.79 bits per heavy atom. The van der Waals surface area contributed by atoms with E-state index in [1.165, 1.54) is 35.9 Å². The first-order valence-electron chi connectivity index (χ1n) is 17.8. The number of aromatic hydroxyl groups is 1. The maximum Gasteiger partial charge on any atom is 0.245 e. The minimum Gasteiger partial charge on any atom is -0.508 e. The number of nitrogens with two attached hydrogens (primary N) is 4. The van der Waals surface area contributed by atoms with Crippen LogP contribution in [-0.2, 0) is 35.2 Å². The van der Waals surface area contributed by atoms with E-state index >= 15 is 0 Å². The number of rotatable bonds is 18. The van der Waals surface area contributed by atoms with E-state index in [9.17, 15) is 33.9 Å². The number of phenolic OH excluding ortho intramolecular Hbond substituents is 1. The molecule has 0 aromatic heterocycles. The lowest BCUT2D eigenvalue weighted by Gasteiger charge is -2.31. The lowest BCUT2D eigenvalue weighted by atomic mass is 10.0. The van der Waals surface area contributed by atoms with Crippen LogP contribution in [0.3, 0.4) is 0 Å². The highest BCUT2D eigenvalue weighted by Crippen LogP contribution is 2.22. The number of likely N-dealkylation sites (tertiary alicyclic amines) is 2. The maximum atomic E-state index is 14.2. The van der Waals surface area contributed by atoms with Crippen molar-refractivity contribution in [2.45, 2.75) is 94.9 Å². The summed E-state index contributed by atoms with van der Waals surface area (Å²) in [6, 6.07) is 1.37. The summed E-state index contributed by atoms with van der Waals surface area (Å²) in [5, 5.41) is 20.5. The van der Waals surface area contributed by atoms with E-state index < -0.39 is 59.7 Å². The number of hydrogen-bond acceptors (Lipinski definition) is 9. The molecular weight excluding hydrogens is 688 g/mol. The second-order valence-electron chi connectivity index (χ2n) is 13.1. The Morgan fingerprint density at radius 1 is 0.755 bits per heavy atom. The molecule has 2 aliphatic heterocycles. The third kappa shape index (κ3) is 12.8. The molecule has 0 bridgehead atoms. The number of carbonyl (C=O) groups excluding carboxylic acids is 6. The van der Waals surface area contributed by atoms with Gasteiger partial charge in [-0.05, 0) is 69.1 Å². The first-order chi connectivity index (χ1) is 25.2. The van der Waals surface area contributed by atoms with Crippen LogP contribution in [0.1, 0.15) is 63.9 Å². The molecular formula is C34H54N12O7. The molecule has 0 spiro atoms. The van der Waals surface area contributed by atoms with Crippen LogP contribution in [0.4, 0.5) is 0 Å². The van der Waals surface area contributed by atoms with Crippen molar-refractivity contribution in [2.75, 3.05) is 33.2 Å². The Balaban J connectivity index is 1.81. The van der Waals surface area contributed by atoms with E-state index in [1.807, 2.05) is 0 Å². The Kier molecular flexibility index (Phi) is 16.1. The number of benzene rings is 1. The van der Waals surface area contributed by atoms with Crippen LogP contribution in [0.25, 0.3) is 0 Å². The van der Waals surface area contributed by atoms with E-state index in [-0.39, 0.29) is 62.5 Å². The zero-order valence-electron chi connectivity index (χ0n) is 30.4. The molecule has 13 N–H and O–H groups in total. The molecule has 0 unspecified atom stereocenters. The minimum atomic E-state index is -1.13. The van der Waals surface area contributed by atoms with Crippen molar-refractivity contribution in [1.82, 2.24) is 31.1 Å². The molecule has 5 atom stereocenters. The number of nitrogens with one attached hydrogen (secondary N) is 4. The van der Waals surface area contributed by atoms with E-state index in [0.29, 0.717) is 50.6 Å². The van der Waals surface area contributed by atoms with Gasteiger partial charge in [0.1, 0.15) is 36.0 Å². The molecule has 2 heterocycles. The summed E-state index contributed by atoms with van der Waals surface area (Å²) >= 11 is 0. The van der Waals surface area contributed by atoms with Crippen LogP contribution in [0.5, 0.6) is 5.75 Å². The van der Waals surface area contributed by atoms with Crippen molar-refractivity contribution in [3.8, 4) is 5.75 Å². The quantitative estimate of drug-likeness (QED) is 0.0422. The Hall–Kier alpha value is -5.62. The Bertz CT molecular complexity index is 1510. The van der Waals surface area contributed by atoms with Crippen molar-refractivity contribution in [3.05, 3.63) is 29.8 Å². The van der Waals surface area contributed by atoms with Crippen LogP contribution in [0.2, 0.25) is 0 Å². The lowest BCUT2D eigenvalue weighted by Crippen LogP contribution is -2.59. The molecule has 6 amide bonds. The number of nitrogens with zero attached hydrogens (tertiary/aromatic N) is 4. The summed E-state index contributed by atoms with van der Waals surface area (Å²) in [5.41, 5.74) is 22.6. The second kappa shape index (κ2) is 20.4. The molecule has 1 aromatic carbocycles. The monoisotopic (exact) mass is 742 g/mol. The molecule has 3 rings (SSSR count). The first kappa shape index (κ1) is 41.8. The average Bonchev–Trinajstić information content (AvgIpc) is 3.82. The Labute approximate surface area is 308 Å². The van der Waals surface area contributed by atoms with Gasteiger partial charge in [0.25, 0.3) is 0 Å². The molecule has 0 aliphatic carbocycles. The molecule has 19 heteroatoms. The van der Waals surface area contributed by atoms with Gasteiger partial charge in [-0.1, -0.05) is 12.1 Å². The van der Waals surface area contributed by atoms with Gasteiger partial charge in [-0.25, -0.2) is 0 Å². The van der Waals surface area contributed by atoms with Crippen molar-refractivity contribution in [1.29, 1.82) is 0 Å². The highest BCUT2D eigenvalue weighted by atomic mass is 16.3. The largest absolute Gasteiger partial charge is 0.508 e. The number of aliphatic imine (C=N–C) groups is 2. The van der Waals surface area contributed by atoms with Crippen LogP contribution in [0.15, 0.2) is 34.3 Å². The van der Waals surface area contributed by atoms with Crippen molar-refractivity contribution in [2.24, 2.45) is 32.9 Å². The SMILES string of the molecule is CNC(=O)[C@H](Cc1ccc(O)cc1)NC(=O)[C@@H]1CCCN1C(=O)[C@H](CCCN=C(N)N)NC(=O)[C@H](CCCN=C(N)N)NC(=O)[C@@H]1CCCN1C(C)=O. The number of carbonyl (C=O) groups is 6. The summed E-state index contributed by atoms with van der Waals surface area (Å²) < 4.78 is 0. The van der Waals surface area contributed by atoms with E-state index in [2.05, 4.69) is 31.3 Å². The van der Waals surface area contributed by atoms with Crippen molar-refractivity contribution < 1.29 is 33.9 Å². The molecule has 292 valence electrons. The summed E-state index contributed by atoms with van der Waals surface area (Å²) in [4.78, 5) is 90.8. The number of hydrogen-bond donors (Lipinski definition) is 9. The molecule has 0 saturated carbocycles. The predicted molar refractivity (Wildman–Crippen MR) is 197 cm³/mol. The van der Waals surface area contributed by atoms with Gasteiger partial charge in [-0.2, -0.15) is 0 Å². The number of guanidine groups is 2. The third-order valence-corrected chi connectivity index (χ3v) is 9.19. The summed E-state index contributed by atoms with van der Waals surface area (Å²) in [5.74, 6) is -3.11. The lowest BCUT2D eigenvalue weighted by molar-refractivity contribution is -0.143. The molecule has 19 nitrogen and oxygen atoms in total. The molecule has 1 aromatic rings. The average molecular weight is 743 g/mol. The molecule has 2 aliphatic rings. The zero-order chi connectivity index (χ0) is 39.1. The van der Waals surface area contributed by atoms with E-state index in [1.54, 1.807) is 12.1 Å². The van der Waals surface area contributed by atoms with Crippen LogP contribution in [0, 0.1) is 0 Å². The molecule has 2 fully saturated rings. The van der Waals surface area contributed by atoms with E-state index in [4.69, 9.17) is 22.9 Å². The van der Waals surface area contributed by atoms with Gasteiger partial charge in [-0.3, -0.25) is 38.8 Å². The molecule has 2 saturated heterocycles. The summed E-state index contributed by atoms with van der Waals surface area (Å²) in [7, 11) is 1.45. The Morgan fingerprint density at radius 2 is 1.26 bits per heavy atom. The van der Waals surface area contributed by atoms with Gasteiger partial charge < -0.3 is 59.1 Å². The predicted octanol–water partition coefficient (Wildman–Crippen LogP) is -2.76. The first-order valence-corrected chi connectivity index (χ1v) is 17.8. The van der Waals surface area contributed by atoms with Gasteiger partial charge >= 0.3 is 0 Å². The van der Waals surface area contributed by atoms with Crippen molar-refractivity contribution in [3.63, 3.8) is 0 Å². The van der Waals surface area contributed by atoms with Gasteiger partial charge in [-0.15, -0.1) is 0 Å². The summed E-state index contributed by atoms with van der Waals surface area (Å²) in [6.45, 7) is 2.37. The normalized spacial score (nSPS) is 18.2. The van der Waals surface area contributed by atoms with Crippen LogP contribution < -0.4 is 44.2 Å². The molecule has 0 radical (unpaired) electrons. The standard InChI is InChI=1S/C34H54N12O7/c1-20(47)45-17-5-9-26(45)30(51)42-23(7-3-15-40-33(35)36)29(50)43-24(8-4-16-41-34(37)38)32(53)46-18-6-10-27(46)31(52)44-25(28(49)39-2)19-21-11-13-22(48)14-12-21/h11-14,23-27,48H,3-10,15-19H2,1-2H3,(H,39,49)(H,42,51)(H,43,50)(H,44,52)(H4,35,36,40)(H4,37,38,41)/t23-,24-,25-,26-,27-/m0/s1. The summed E-state index contributed by atoms with van der Waals surface area (Å²) in [6.07, 6.45) is 2.85. The van der Waals surface area contributed by atoms with Crippen molar-refractivity contribution >= 4 is 47.4 Å². The fourth-order valence-corrected chi connectivity index (χ4v) is 6.51. The number of amides is 6. The smallest absolute Gasteiger partial charge is 0.245 e. The third-order valence-electron chi connectivity index (χ3n) is 9.19. The fraction of sp³-hybridized carbons (Fsp3) is 0.588. The van der Waals surface area contributed by atoms with Crippen LogP contribution >= 0.6 is 0 Å². The number of likely N-dealkylation sites (N-methyl/N-ethyl adjacent to an activating group) is 1. The highest BCUT2D eigenvalue weighted by molar-refractivity contribution is 5.96. The maximum absolute atomic E-state index is 14.2. The van der Waals surface area contributed by atoms with Gasteiger partial charge in [0, 0.05) is 46.6 Å².